The lowest BCUT2D eigenvalue weighted by Crippen LogP contribution is -2.39. The molecule has 0 bridgehead atoms. The summed E-state index contributed by atoms with van der Waals surface area (Å²) in [6.07, 6.45) is 5.74. The molecule has 0 atom stereocenters. The van der Waals surface area contributed by atoms with Crippen molar-refractivity contribution in [2.45, 2.75) is 57.1 Å². The highest BCUT2D eigenvalue weighted by Gasteiger charge is 2.42. The summed E-state index contributed by atoms with van der Waals surface area (Å²) in [7, 11) is 0. The van der Waals surface area contributed by atoms with Crippen LogP contribution in [0.4, 0.5) is 0 Å². The summed E-state index contributed by atoms with van der Waals surface area (Å²) in [5.41, 5.74) is 4.66. The maximum absolute atomic E-state index is 12.8. The molecule has 5 nitrogen and oxygen atoms in total. The minimum atomic E-state index is 0.110. The van der Waals surface area contributed by atoms with E-state index in [-0.39, 0.29) is 5.91 Å². The van der Waals surface area contributed by atoms with Crippen LogP contribution in [0, 0.1) is 25.7 Å². The maximum Gasteiger partial charge on any atom is 0.230 e. The number of amides is 1. The Morgan fingerprint density at radius 1 is 1.06 bits per heavy atom. The van der Waals surface area contributed by atoms with Crippen LogP contribution in [-0.4, -0.2) is 32.5 Å². The fourth-order valence-corrected chi connectivity index (χ4v) is 5.25. The molecule has 1 N–H and O–H groups in total. The van der Waals surface area contributed by atoms with Gasteiger partial charge in [0.05, 0.1) is 11.4 Å². The molecule has 166 valence electrons. The Hall–Kier alpha value is -2.60. The van der Waals surface area contributed by atoms with Crippen molar-refractivity contribution < 1.29 is 4.79 Å². The third kappa shape index (κ3) is 4.90. The minimum Gasteiger partial charge on any atom is -0.352 e. The summed E-state index contributed by atoms with van der Waals surface area (Å²) in [6, 6.07) is 17.1. The Morgan fingerprint density at radius 2 is 1.78 bits per heavy atom. The van der Waals surface area contributed by atoms with Crippen molar-refractivity contribution in [1.29, 1.82) is 0 Å². The van der Waals surface area contributed by atoms with Gasteiger partial charge in [0.1, 0.15) is 5.82 Å². The molecule has 0 spiro atoms. The molecule has 1 amide bonds. The number of thioether (sulfide) groups is 1. The Balaban J connectivity index is 1.37. The van der Waals surface area contributed by atoms with Gasteiger partial charge in [-0.2, -0.15) is 0 Å². The first-order valence-electron chi connectivity index (χ1n) is 11.6. The quantitative estimate of drug-likeness (QED) is 0.476. The molecule has 2 fully saturated rings. The lowest BCUT2D eigenvalue weighted by atomic mass is 10.1. The number of hydrogen-bond donors (Lipinski definition) is 1. The van der Waals surface area contributed by atoms with Crippen molar-refractivity contribution >= 4 is 17.7 Å². The van der Waals surface area contributed by atoms with Gasteiger partial charge in [-0.1, -0.05) is 59.8 Å². The van der Waals surface area contributed by atoms with Crippen LogP contribution in [0.25, 0.3) is 5.69 Å². The molecule has 6 heteroatoms. The molecule has 3 aromatic rings. The van der Waals surface area contributed by atoms with Gasteiger partial charge in [0.2, 0.25) is 5.91 Å². The molecule has 2 saturated carbocycles. The lowest BCUT2D eigenvalue weighted by molar-refractivity contribution is -0.119. The summed E-state index contributed by atoms with van der Waals surface area (Å²) >= 11 is 1.48. The lowest BCUT2D eigenvalue weighted by Gasteiger charge is -2.17. The van der Waals surface area contributed by atoms with Gasteiger partial charge in [-0.05, 0) is 68.6 Å². The van der Waals surface area contributed by atoms with Crippen LogP contribution in [-0.2, 0) is 11.2 Å². The van der Waals surface area contributed by atoms with E-state index in [0.717, 1.165) is 16.7 Å². The summed E-state index contributed by atoms with van der Waals surface area (Å²) in [4.78, 5) is 12.8. The number of aromatic nitrogens is 3. The van der Waals surface area contributed by atoms with E-state index < -0.39 is 0 Å². The van der Waals surface area contributed by atoms with Crippen LogP contribution >= 0.6 is 11.8 Å². The van der Waals surface area contributed by atoms with Crippen LogP contribution < -0.4 is 5.32 Å². The fraction of sp³-hybridized carbons (Fsp3) is 0.423. The first-order valence-corrected chi connectivity index (χ1v) is 12.5. The average Bonchev–Trinajstić information content (AvgIpc) is 3.71. The first-order chi connectivity index (χ1) is 15.6. The average molecular weight is 447 g/mol. The molecular formula is C26H30N4OS. The second kappa shape index (κ2) is 9.10. The van der Waals surface area contributed by atoms with Crippen LogP contribution in [0.1, 0.15) is 48.2 Å². The SMILES string of the molecule is Cc1ccc(-n2c(Cc3ccccc3)nnc2SCC(=O)NC(C2CC2)C2CC2)c(C)c1. The summed E-state index contributed by atoms with van der Waals surface area (Å²) in [6.45, 7) is 4.22. The number of nitrogens with zero attached hydrogens (tertiary/aromatic N) is 3. The smallest absolute Gasteiger partial charge is 0.230 e. The predicted octanol–water partition coefficient (Wildman–Crippen LogP) is 4.87. The maximum atomic E-state index is 12.8. The van der Waals surface area contributed by atoms with Crippen molar-refractivity contribution in [3.05, 3.63) is 71.0 Å². The van der Waals surface area contributed by atoms with E-state index in [0.29, 0.717) is 30.1 Å². The number of benzene rings is 2. The number of aryl methyl sites for hydroxylation is 2. The summed E-state index contributed by atoms with van der Waals surface area (Å²) < 4.78 is 2.12. The molecule has 5 rings (SSSR count). The standard InChI is InChI=1S/C26H30N4OS/c1-17-8-13-22(18(2)14-17)30-23(15-19-6-4-3-5-7-19)28-29-26(30)32-16-24(31)27-25(20-9-10-20)21-11-12-21/h3-8,13-14,20-21,25H,9-12,15-16H2,1-2H3,(H,27,31). The number of carbonyl (C=O) groups excluding carboxylic acids is 1. The molecular weight excluding hydrogens is 416 g/mol. The molecule has 0 aliphatic heterocycles. The van der Waals surface area contributed by atoms with Gasteiger partial charge in [-0.25, -0.2) is 0 Å². The topological polar surface area (TPSA) is 59.8 Å². The molecule has 2 aromatic carbocycles. The molecule has 32 heavy (non-hydrogen) atoms. The molecule has 0 unspecified atom stereocenters. The van der Waals surface area contributed by atoms with Gasteiger partial charge in [0.15, 0.2) is 5.16 Å². The Labute approximate surface area is 194 Å². The van der Waals surface area contributed by atoms with E-state index in [1.165, 1.54) is 54.1 Å². The second-order valence-corrected chi connectivity index (χ2v) is 10.2. The van der Waals surface area contributed by atoms with Gasteiger partial charge >= 0.3 is 0 Å². The zero-order chi connectivity index (χ0) is 22.1. The number of rotatable bonds is 9. The first kappa shape index (κ1) is 21.3. The minimum absolute atomic E-state index is 0.110. The Morgan fingerprint density at radius 3 is 2.44 bits per heavy atom. The molecule has 2 aliphatic carbocycles. The number of nitrogens with one attached hydrogen (secondary N) is 1. The molecule has 0 saturated heterocycles. The summed E-state index contributed by atoms with van der Waals surface area (Å²) in [5, 5.41) is 13.1. The van der Waals surface area contributed by atoms with E-state index in [4.69, 9.17) is 0 Å². The highest BCUT2D eigenvalue weighted by Crippen LogP contribution is 2.44. The molecule has 2 aliphatic rings. The zero-order valence-corrected chi connectivity index (χ0v) is 19.6. The van der Waals surface area contributed by atoms with Crippen LogP contribution in [0.2, 0.25) is 0 Å². The van der Waals surface area contributed by atoms with Crippen molar-refractivity contribution in [3.8, 4) is 5.69 Å². The third-order valence-corrected chi connectivity index (χ3v) is 7.35. The zero-order valence-electron chi connectivity index (χ0n) is 18.8. The van der Waals surface area contributed by atoms with E-state index in [2.05, 4.69) is 64.3 Å². The van der Waals surface area contributed by atoms with Crippen molar-refractivity contribution in [2.75, 3.05) is 5.75 Å². The largest absolute Gasteiger partial charge is 0.352 e. The van der Waals surface area contributed by atoms with Gasteiger partial charge in [0, 0.05) is 12.5 Å². The van der Waals surface area contributed by atoms with Crippen LogP contribution in [0.15, 0.2) is 53.7 Å². The van der Waals surface area contributed by atoms with Crippen LogP contribution in [0.3, 0.4) is 0 Å². The van der Waals surface area contributed by atoms with Gasteiger partial charge in [0.25, 0.3) is 0 Å². The van der Waals surface area contributed by atoms with E-state index in [1.807, 2.05) is 18.2 Å². The van der Waals surface area contributed by atoms with Crippen LogP contribution in [0.5, 0.6) is 0 Å². The van der Waals surface area contributed by atoms with E-state index in [1.54, 1.807) is 0 Å². The molecule has 1 aromatic heterocycles. The van der Waals surface area contributed by atoms with Crippen molar-refractivity contribution in [3.63, 3.8) is 0 Å². The Bertz CT molecular complexity index is 1090. The highest BCUT2D eigenvalue weighted by atomic mass is 32.2. The van der Waals surface area contributed by atoms with Crippen molar-refractivity contribution in [2.24, 2.45) is 11.8 Å². The van der Waals surface area contributed by atoms with Gasteiger partial charge < -0.3 is 5.32 Å². The molecule has 1 heterocycles. The fourth-order valence-electron chi connectivity index (χ4n) is 4.47. The normalized spacial score (nSPS) is 15.8. The van der Waals surface area contributed by atoms with Gasteiger partial charge in [-0.3, -0.25) is 9.36 Å². The molecule has 0 radical (unpaired) electrons. The second-order valence-electron chi connectivity index (χ2n) is 9.24. The number of carbonyl (C=O) groups is 1. The third-order valence-electron chi connectivity index (χ3n) is 6.42. The predicted molar refractivity (Wildman–Crippen MR) is 128 cm³/mol. The van der Waals surface area contributed by atoms with Crippen molar-refractivity contribution in [1.82, 2.24) is 20.1 Å². The van der Waals surface area contributed by atoms with E-state index >= 15 is 0 Å². The number of hydrogen-bond acceptors (Lipinski definition) is 4. The summed E-state index contributed by atoms with van der Waals surface area (Å²) in [5.74, 6) is 2.77. The Kier molecular flexibility index (Phi) is 6.05. The van der Waals surface area contributed by atoms with Gasteiger partial charge in [-0.15, -0.1) is 10.2 Å². The highest BCUT2D eigenvalue weighted by molar-refractivity contribution is 7.99. The monoisotopic (exact) mass is 446 g/mol. The van der Waals surface area contributed by atoms with E-state index in [9.17, 15) is 4.79 Å².